The number of benzene rings is 2. The molecule has 0 fully saturated rings. The van der Waals surface area contributed by atoms with E-state index in [1.54, 1.807) is 18.2 Å². The Labute approximate surface area is 170 Å². The number of para-hydroxylation sites is 1. The Morgan fingerprint density at radius 3 is 2.74 bits per heavy atom. The number of ether oxygens (including phenoxy) is 1. The molecule has 0 saturated heterocycles. The molecule has 2 N–H and O–H groups in total. The first-order valence-electron chi connectivity index (χ1n) is 8.31. The van der Waals surface area contributed by atoms with Crippen LogP contribution in [0.4, 0.5) is 0 Å². The van der Waals surface area contributed by atoms with Crippen molar-refractivity contribution in [2.45, 2.75) is 6.92 Å². The number of hydrogen-bond donors (Lipinski definition) is 2. The summed E-state index contributed by atoms with van der Waals surface area (Å²) in [4.78, 5) is 12.5. The number of rotatable bonds is 6. The smallest absolute Gasteiger partial charge is 0.273 e. The molecule has 138 valence electrons. The molecular formula is C20H18IN3O3. The number of hydrazone groups is 1. The second kappa shape index (κ2) is 8.72. The van der Waals surface area contributed by atoms with Gasteiger partial charge >= 0.3 is 0 Å². The highest BCUT2D eigenvalue weighted by atomic mass is 127. The van der Waals surface area contributed by atoms with Crippen LogP contribution in [0.25, 0.3) is 5.69 Å². The minimum absolute atomic E-state index is 0.0966. The number of carbonyl (C=O) groups excluding carboxylic acids is 1. The lowest BCUT2D eigenvalue weighted by Crippen LogP contribution is -2.19. The van der Waals surface area contributed by atoms with Crippen molar-refractivity contribution in [1.82, 2.24) is 9.99 Å². The highest BCUT2D eigenvalue weighted by Crippen LogP contribution is 2.32. The molecule has 0 aliphatic rings. The van der Waals surface area contributed by atoms with Gasteiger partial charge in [0.2, 0.25) is 0 Å². The summed E-state index contributed by atoms with van der Waals surface area (Å²) in [6, 6.07) is 14.5. The van der Waals surface area contributed by atoms with E-state index in [1.165, 1.54) is 6.21 Å². The number of halogens is 1. The van der Waals surface area contributed by atoms with Crippen LogP contribution in [-0.2, 0) is 0 Å². The van der Waals surface area contributed by atoms with Crippen LogP contribution in [0.1, 0.15) is 22.8 Å². The lowest BCUT2D eigenvalue weighted by molar-refractivity contribution is 0.0955. The Morgan fingerprint density at radius 1 is 1.26 bits per heavy atom. The van der Waals surface area contributed by atoms with Crippen LogP contribution in [0, 0.1) is 3.57 Å². The van der Waals surface area contributed by atoms with E-state index < -0.39 is 0 Å². The zero-order valence-corrected chi connectivity index (χ0v) is 16.8. The predicted molar refractivity (Wildman–Crippen MR) is 113 cm³/mol. The first kappa shape index (κ1) is 19.0. The van der Waals surface area contributed by atoms with Gasteiger partial charge in [-0.15, -0.1) is 0 Å². The maximum absolute atomic E-state index is 12.5. The molecule has 6 nitrogen and oxygen atoms in total. The fourth-order valence-corrected chi connectivity index (χ4v) is 3.17. The van der Waals surface area contributed by atoms with Gasteiger partial charge in [-0.1, -0.05) is 12.1 Å². The van der Waals surface area contributed by atoms with Gasteiger partial charge in [0.1, 0.15) is 0 Å². The number of phenolic OH excluding ortho intramolecular Hbond substituents is 1. The van der Waals surface area contributed by atoms with E-state index in [9.17, 15) is 9.90 Å². The second-order valence-corrected chi connectivity index (χ2v) is 6.75. The summed E-state index contributed by atoms with van der Waals surface area (Å²) in [7, 11) is 0. The molecule has 3 rings (SSSR count). The molecule has 0 radical (unpaired) electrons. The van der Waals surface area contributed by atoms with Crippen molar-refractivity contribution in [3.63, 3.8) is 0 Å². The predicted octanol–water partition coefficient (Wildman–Crippen LogP) is 3.95. The van der Waals surface area contributed by atoms with Crippen molar-refractivity contribution in [2.75, 3.05) is 6.61 Å². The molecule has 3 aromatic rings. The summed E-state index contributed by atoms with van der Waals surface area (Å²) in [5.74, 6) is 0.170. The molecule has 1 aromatic heterocycles. The first-order chi connectivity index (χ1) is 13.1. The summed E-state index contributed by atoms with van der Waals surface area (Å²) >= 11 is 2.02. The van der Waals surface area contributed by atoms with Crippen molar-refractivity contribution in [3.8, 4) is 17.2 Å². The summed E-state index contributed by atoms with van der Waals surface area (Å²) < 4.78 is 7.92. The van der Waals surface area contributed by atoms with Gasteiger partial charge in [0.15, 0.2) is 11.5 Å². The van der Waals surface area contributed by atoms with E-state index in [2.05, 4.69) is 10.5 Å². The van der Waals surface area contributed by atoms with Crippen molar-refractivity contribution in [2.24, 2.45) is 5.10 Å². The lowest BCUT2D eigenvalue weighted by atomic mass is 10.1. The van der Waals surface area contributed by atoms with Crippen molar-refractivity contribution in [3.05, 3.63) is 75.6 Å². The second-order valence-electron chi connectivity index (χ2n) is 5.59. The minimum Gasteiger partial charge on any atom is -0.504 e. The number of nitrogens with one attached hydrogen (secondary N) is 1. The van der Waals surface area contributed by atoms with Gasteiger partial charge < -0.3 is 14.4 Å². The number of aromatic hydroxyl groups is 1. The van der Waals surface area contributed by atoms with Gasteiger partial charge in [0.05, 0.1) is 27.6 Å². The highest BCUT2D eigenvalue weighted by molar-refractivity contribution is 14.1. The normalized spacial score (nSPS) is 10.9. The summed E-state index contributed by atoms with van der Waals surface area (Å²) in [6.45, 7) is 2.28. The number of amides is 1. The van der Waals surface area contributed by atoms with Gasteiger partial charge in [-0.3, -0.25) is 4.79 Å². The minimum atomic E-state index is -0.311. The van der Waals surface area contributed by atoms with Crippen LogP contribution >= 0.6 is 22.6 Å². The van der Waals surface area contributed by atoms with Crippen LogP contribution in [0.5, 0.6) is 11.5 Å². The third-order valence-electron chi connectivity index (χ3n) is 3.76. The number of hydrogen-bond acceptors (Lipinski definition) is 4. The Morgan fingerprint density at radius 2 is 2.00 bits per heavy atom. The fraction of sp³-hybridized carbons (Fsp3) is 0.100. The van der Waals surface area contributed by atoms with E-state index >= 15 is 0 Å². The monoisotopic (exact) mass is 475 g/mol. The SMILES string of the molecule is CCOc1cc(/C=N\NC(=O)c2ccccc2-n2cccc2)cc(I)c1O. The van der Waals surface area contributed by atoms with Gasteiger partial charge in [0, 0.05) is 12.4 Å². The maximum Gasteiger partial charge on any atom is 0.273 e. The van der Waals surface area contributed by atoms with Crippen LogP contribution in [0.2, 0.25) is 0 Å². The molecule has 2 aromatic carbocycles. The molecule has 0 spiro atoms. The fourth-order valence-electron chi connectivity index (χ4n) is 2.55. The van der Waals surface area contributed by atoms with Crippen LogP contribution in [0.3, 0.4) is 0 Å². The molecule has 0 aliphatic carbocycles. The Bertz CT molecular complexity index is 969. The van der Waals surface area contributed by atoms with E-state index in [4.69, 9.17) is 4.74 Å². The van der Waals surface area contributed by atoms with Crippen molar-refractivity contribution in [1.29, 1.82) is 0 Å². The van der Waals surface area contributed by atoms with Crippen LogP contribution in [0.15, 0.2) is 66.0 Å². The maximum atomic E-state index is 12.5. The zero-order chi connectivity index (χ0) is 19.2. The van der Waals surface area contributed by atoms with Crippen LogP contribution < -0.4 is 10.2 Å². The van der Waals surface area contributed by atoms with Gasteiger partial charge in [-0.2, -0.15) is 5.10 Å². The highest BCUT2D eigenvalue weighted by Gasteiger charge is 2.11. The van der Waals surface area contributed by atoms with Gasteiger partial charge in [0.25, 0.3) is 5.91 Å². The van der Waals surface area contributed by atoms with E-state index in [-0.39, 0.29) is 11.7 Å². The first-order valence-corrected chi connectivity index (χ1v) is 9.39. The number of carbonyl (C=O) groups is 1. The average molecular weight is 475 g/mol. The number of aromatic nitrogens is 1. The summed E-state index contributed by atoms with van der Waals surface area (Å²) in [5, 5.41) is 14.0. The molecule has 27 heavy (non-hydrogen) atoms. The third kappa shape index (κ3) is 4.48. The van der Waals surface area contributed by atoms with E-state index in [0.29, 0.717) is 27.1 Å². The topological polar surface area (TPSA) is 75.8 Å². The molecule has 7 heteroatoms. The molecule has 0 bridgehead atoms. The molecule has 1 heterocycles. The van der Waals surface area contributed by atoms with Gasteiger partial charge in [-0.25, -0.2) is 5.43 Å². The largest absolute Gasteiger partial charge is 0.504 e. The average Bonchev–Trinajstić information content (AvgIpc) is 3.20. The van der Waals surface area contributed by atoms with Crippen molar-refractivity contribution >= 4 is 34.7 Å². The van der Waals surface area contributed by atoms with Crippen molar-refractivity contribution < 1.29 is 14.6 Å². The molecule has 0 unspecified atom stereocenters. The van der Waals surface area contributed by atoms with E-state index in [1.807, 2.05) is 76.8 Å². The number of nitrogens with zero attached hydrogens (tertiary/aromatic N) is 2. The summed E-state index contributed by atoms with van der Waals surface area (Å²) in [6.07, 6.45) is 5.27. The molecule has 0 saturated carbocycles. The molecular weight excluding hydrogens is 457 g/mol. The quantitative estimate of drug-likeness (QED) is 0.322. The zero-order valence-electron chi connectivity index (χ0n) is 14.6. The Balaban J connectivity index is 1.77. The van der Waals surface area contributed by atoms with Gasteiger partial charge in [-0.05, 0) is 71.5 Å². The third-order valence-corrected chi connectivity index (χ3v) is 4.58. The Hall–Kier alpha value is -2.81. The molecule has 1 amide bonds. The van der Waals surface area contributed by atoms with E-state index in [0.717, 1.165) is 5.69 Å². The molecule has 0 aliphatic heterocycles. The van der Waals surface area contributed by atoms with Crippen LogP contribution in [-0.4, -0.2) is 28.4 Å². The summed E-state index contributed by atoms with van der Waals surface area (Å²) in [5.41, 5.74) is 4.54. The number of phenols is 1. The lowest BCUT2D eigenvalue weighted by Gasteiger charge is -2.09. The standard InChI is InChI=1S/C20H18IN3O3/c1-2-27-18-12-14(11-16(21)19(18)25)13-22-23-20(26)15-7-3-4-8-17(15)24-9-5-6-10-24/h3-13,25H,2H2,1H3,(H,23,26)/b22-13-. The Kier molecular flexibility index (Phi) is 6.12. The molecule has 0 atom stereocenters.